The quantitative estimate of drug-likeness (QED) is 0.0692. The fraction of sp³-hybridized carbons (Fsp3) is 0.194. The number of aliphatic hydroxyl groups excluding tert-OH is 3. The molecule has 0 aromatic heterocycles. The number of aliphatic hydroxyl groups is 3. The van der Waals surface area contributed by atoms with Crippen LogP contribution in [0.5, 0.6) is 34.5 Å². The molecule has 10 rings (SSSR count). The average Bonchev–Trinajstić information content (AvgIpc) is 3.53. The van der Waals surface area contributed by atoms with Gasteiger partial charge in [-0.15, -0.1) is 0 Å². The van der Waals surface area contributed by atoms with E-state index in [0.717, 1.165) is 33.4 Å². The van der Waals surface area contributed by atoms with Crippen molar-refractivity contribution in [3.05, 3.63) is 239 Å². The minimum atomic E-state index is -1.93. The van der Waals surface area contributed by atoms with Gasteiger partial charge in [-0.3, -0.25) is 0 Å². The van der Waals surface area contributed by atoms with Gasteiger partial charge in [-0.1, -0.05) is 182 Å². The van der Waals surface area contributed by atoms with Crippen molar-refractivity contribution < 1.29 is 67.5 Å². The van der Waals surface area contributed by atoms with Crippen LogP contribution in [0.25, 0.3) is 11.1 Å². The van der Waals surface area contributed by atoms with Crippen LogP contribution in [0, 0.1) is 0 Å². The summed E-state index contributed by atoms with van der Waals surface area (Å²) in [7, 11) is 0. The molecule has 5 unspecified atom stereocenters. The highest BCUT2D eigenvalue weighted by Gasteiger charge is 2.47. The maximum absolute atomic E-state index is 15.3. The van der Waals surface area contributed by atoms with E-state index >= 15 is 9.59 Å². The Bertz CT molecular complexity index is 3200. The number of fused-ring (bicyclic) bond motifs is 6. The van der Waals surface area contributed by atoms with Crippen molar-refractivity contribution in [1.82, 2.24) is 0 Å². The summed E-state index contributed by atoms with van der Waals surface area (Å²) in [5, 5.41) is 33.7. The summed E-state index contributed by atoms with van der Waals surface area (Å²) in [4.78, 5) is 30.5. The first-order valence-electron chi connectivity index (χ1n) is 24.8. The predicted molar refractivity (Wildman–Crippen MR) is 279 cm³/mol. The summed E-state index contributed by atoms with van der Waals surface area (Å²) < 4.78 is 58.9. The first kappa shape index (κ1) is 50.9. The molecule has 386 valence electrons. The molecule has 0 radical (unpaired) electrons. The summed E-state index contributed by atoms with van der Waals surface area (Å²) in [6, 6.07) is 59.2. The van der Waals surface area contributed by atoms with Crippen LogP contribution in [0.4, 0.5) is 0 Å². The second kappa shape index (κ2) is 24.1. The van der Waals surface area contributed by atoms with Crippen molar-refractivity contribution in [2.24, 2.45) is 0 Å². The summed E-state index contributed by atoms with van der Waals surface area (Å²) in [6.07, 6.45) is -8.97. The number of carbonyl (C=O) groups is 2. The summed E-state index contributed by atoms with van der Waals surface area (Å²) in [5.41, 5.74) is 4.27. The Morgan fingerprint density at radius 2 is 0.763 bits per heavy atom. The van der Waals surface area contributed by atoms with E-state index < -0.39 is 49.3 Å². The van der Waals surface area contributed by atoms with E-state index in [1.807, 2.05) is 182 Å². The van der Waals surface area contributed by atoms with Gasteiger partial charge in [0, 0.05) is 11.1 Å². The zero-order valence-electron chi connectivity index (χ0n) is 41.1. The first-order chi connectivity index (χ1) is 37.3. The van der Waals surface area contributed by atoms with E-state index in [2.05, 4.69) is 0 Å². The monoisotopic (exact) mass is 1020 g/mol. The standard InChI is InChI=1S/C62H54O14/c63-52-50-39-74-60(66)47-32-49(68-33-40-19-7-1-8-20-40)57(71-36-43-25-13-4-14-26-43)58(72-37-44-27-15-5-16-28-44)51(47)46-31-48(61(67)76-62(75-50)54(65)53(52)64)56(70-35-42-23-11-3-12-24-42)59(73-38-45-29-17-6-18-30-45)55(46)69-34-41-21-9-2-10-22-41/h1-32,50,52-54,62-65H,33-39H2. The maximum Gasteiger partial charge on any atom is 0.344 e. The second-order valence-corrected chi connectivity index (χ2v) is 18.1. The van der Waals surface area contributed by atoms with Gasteiger partial charge in [-0.2, -0.15) is 0 Å². The van der Waals surface area contributed by atoms with Gasteiger partial charge < -0.3 is 58.0 Å². The van der Waals surface area contributed by atoms with Crippen LogP contribution in [0.2, 0.25) is 0 Å². The third kappa shape index (κ3) is 12.0. The molecule has 1 saturated heterocycles. The van der Waals surface area contributed by atoms with Crippen LogP contribution in [0.1, 0.15) is 54.1 Å². The molecular formula is C62H54O14. The van der Waals surface area contributed by atoms with E-state index in [1.54, 1.807) is 0 Å². The van der Waals surface area contributed by atoms with Gasteiger partial charge in [0.05, 0.1) is 5.56 Å². The lowest BCUT2D eigenvalue weighted by atomic mass is 9.93. The van der Waals surface area contributed by atoms with Crippen molar-refractivity contribution in [2.75, 3.05) is 6.61 Å². The van der Waals surface area contributed by atoms with Gasteiger partial charge in [0.15, 0.2) is 23.0 Å². The number of benzene rings is 8. The van der Waals surface area contributed by atoms with Crippen molar-refractivity contribution in [2.45, 2.75) is 70.3 Å². The zero-order valence-corrected chi connectivity index (χ0v) is 41.1. The molecule has 0 saturated carbocycles. The highest BCUT2D eigenvalue weighted by atomic mass is 16.7. The molecule has 0 spiro atoms. The molecule has 8 aromatic rings. The number of esters is 2. The second-order valence-electron chi connectivity index (χ2n) is 18.1. The van der Waals surface area contributed by atoms with Crippen LogP contribution in [-0.4, -0.2) is 64.6 Å². The van der Waals surface area contributed by atoms with E-state index in [9.17, 15) is 15.3 Å². The molecule has 76 heavy (non-hydrogen) atoms. The Hall–Kier alpha value is -8.66. The lowest BCUT2D eigenvalue weighted by Gasteiger charge is -2.39. The van der Waals surface area contributed by atoms with Gasteiger partial charge in [-0.05, 0) is 45.5 Å². The Labute approximate surface area is 439 Å². The predicted octanol–water partition coefficient (Wildman–Crippen LogP) is 9.96. The van der Waals surface area contributed by atoms with Gasteiger partial charge in [-0.25, -0.2) is 9.59 Å². The summed E-state index contributed by atoms with van der Waals surface area (Å²) in [5.74, 6) is -2.09. The molecule has 1 fully saturated rings. The largest absolute Gasteiger partial charge is 0.485 e. The van der Waals surface area contributed by atoms with E-state index in [1.165, 1.54) is 12.1 Å². The van der Waals surface area contributed by atoms with E-state index in [-0.39, 0.29) is 96.4 Å². The topological polar surface area (TPSA) is 178 Å². The van der Waals surface area contributed by atoms with Gasteiger partial charge in [0.2, 0.25) is 17.8 Å². The number of ether oxygens (including phenoxy) is 9. The molecule has 8 aromatic carbocycles. The number of hydrogen-bond donors (Lipinski definition) is 3. The molecule has 2 aliphatic heterocycles. The maximum atomic E-state index is 15.3. The Kier molecular flexibility index (Phi) is 16.1. The Morgan fingerprint density at radius 1 is 0.382 bits per heavy atom. The highest BCUT2D eigenvalue weighted by Crippen LogP contribution is 2.55. The van der Waals surface area contributed by atoms with E-state index in [0.29, 0.717) is 0 Å². The third-order valence-electron chi connectivity index (χ3n) is 12.7. The van der Waals surface area contributed by atoms with Crippen molar-refractivity contribution in [1.29, 1.82) is 0 Å². The van der Waals surface area contributed by atoms with Crippen LogP contribution in [-0.2, 0) is 53.9 Å². The summed E-state index contributed by atoms with van der Waals surface area (Å²) in [6.45, 7) is -0.876. The summed E-state index contributed by atoms with van der Waals surface area (Å²) >= 11 is 0. The number of rotatable bonds is 18. The minimum Gasteiger partial charge on any atom is -0.485 e. The Balaban J connectivity index is 1.28. The van der Waals surface area contributed by atoms with Crippen molar-refractivity contribution in [3.63, 3.8) is 0 Å². The molecule has 2 aliphatic rings. The fourth-order valence-corrected chi connectivity index (χ4v) is 8.74. The number of hydrogen-bond acceptors (Lipinski definition) is 14. The molecule has 3 N–H and O–H groups in total. The smallest absolute Gasteiger partial charge is 0.344 e. The lowest BCUT2D eigenvalue weighted by molar-refractivity contribution is -0.285. The highest BCUT2D eigenvalue weighted by molar-refractivity contribution is 6.05. The molecule has 4 bridgehead atoms. The SMILES string of the molecule is O=C1OC2OC(COC(=O)c3cc(OCc4ccccc4)c(OCc4ccccc4)c(OCc4ccccc4)c3-c3cc1c(OCc1ccccc1)c(OCc1ccccc1)c3OCc1ccccc1)C(O)C(O)C2O. The zero-order chi connectivity index (χ0) is 52.2. The van der Waals surface area contributed by atoms with Crippen molar-refractivity contribution in [3.8, 4) is 45.6 Å². The van der Waals surface area contributed by atoms with E-state index in [4.69, 9.17) is 42.6 Å². The first-order valence-corrected chi connectivity index (χ1v) is 24.8. The Morgan fingerprint density at radius 3 is 1.21 bits per heavy atom. The van der Waals surface area contributed by atoms with Crippen LogP contribution in [0.3, 0.4) is 0 Å². The molecule has 0 amide bonds. The van der Waals surface area contributed by atoms with Crippen molar-refractivity contribution >= 4 is 11.9 Å². The molecule has 14 heteroatoms. The average molecular weight is 1020 g/mol. The molecule has 0 aliphatic carbocycles. The van der Waals surface area contributed by atoms with Crippen LogP contribution in [0.15, 0.2) is 194 Å². The molecule has 2 heterocycles. The molecular weight excluding hydrogens is 969 g/mol. The van der Waals surface area contributed by atoms with Gasteiger partial charge in [0.1, 0.15) is 76.2 Å². The number of carbonyl (C=O) groups excluding carboxylic acids is 2. The number of cyclic esters (lactones) is 1. The fourth-order valence-electron chi connectivity index (χ4n) is 8.74. The molecule has 14 nitrogen and oxygen atoms in total. The van der Waals surface area contributed by atoms with Crippen LogP contribution < -0.4 is 28.4 Å². The minimum absolute atomic E-state index is 0.0103. The van der Waals surface area contributed by atoms with Crippen LogP contribution >= 0.6 is 0 Å². The lowest BCUT2D eigenvalue weighted by Crippen LogP contribution is -2.59. The van der Waals surface area contributed by atoms with Gasteiger partial charge in [0.25, 0.3) is 0 Å². The normalized spacial score (nSPS) is 18.0. The third-order valence-corrected chi connectivity index (χ3v) is 12.7. The molecule has 5 atom stereocenters. The van der Waals surface area contributed by atoms with Gasteiger partial charge >= 0.3 is 11.9 Å².